The highest BCUT2D eigenvalue weighted by Crippen LogP contribution is 2.14. The fourth-order valence-corrected chi connectivity index (χ4v) is 2.24. The smallest absolute Gasteiger partial charge is 0.209 e. The van der Waals surface area contributed by atoms with Crippen molar-refractivity contribution < 1.29 is 13.2 Å². The van der Waals surface area contributed by atoms with E-state index in [1.54, 1.807) is 24.3 Å². The van der Waals surface area contributed by atoms with Gasteiger partial charge in [0.2, 0.25) is 10.0 Å². The maximum Gasteiger partial charge on any atom is 0.209 e. The maximum absolute atomic E-state index is 10.8. The Balaban J connectivity index is 2.28. The molecule has 1 atom stereocenters. The first-order valence-electron chi connectivity index (χ1n) is 6.04. The van der Waals surface area contributed by atoms with E-state index >= 15 is 0 Å². The number of hydrogen-bond donors (Lipinski definition) is 1. The molecule has 19 heavy (non-hydrogen) atoms. The number of nitrogens with two attached hydrogens (primary N) is 1. The van der Waals surface area contributed by atoms with Crippen molar-refractivity contribution in [3.8, 4) is 11.8 Å². The lowest BCUT2D eigenvalue weighted by Gasteiger charge is -2.11. The summed E-state index contributed by atoms with van der Waals surface area (Å²) in [5.41, 5.74) is 0.592. The molecular formula is C13H18N2O3S. The van der Waals surface area contributed by atoms with Crippen LogP contribution in [0.3, 0.4) is 0 Å². The summed E-state index contributed by atoms with van der Waals surface area (Å²) in [5, 5.41) is 13.6. The van der Waals surface area contributed by atoms with E-state index in [1.807, 2.05) is 13.0 Å². The second-order valence-electron chi connectivity index (χ2n) is 4.53. The number of hydrogen-bond acceptors (Lipinski definition) is 4. The van der Waals surface area contributed by atoms with E-state index in [0.717, 1.165) is 6.42 Å². The highest BCUT2D eigenvalue weighted by atomic mass is 32.2. The van der Waals surface area contributed by atoms with Gasteiger partial charge in [0.15, 0.2) is 0 Å². The lowest BCUT2D eigenvalue weighted by molar-refractivity contribution is 0.282. The molecule has 0 heterocycles. The van der Waals surface area contributed by atoms with Gasteiger partial charge in [0.1, 0.15) is 5.75 Å². The summed E-state index contributed by atoms with van der Waals surface area (Å²) < 4.78 is 27.1. The molecule has 1 unspecified atom stereocenters. The van der Waals surface area contributed by atoms with E-state index in [1.165, 1.54) is 0 Å². The molecule has 2 N–H and O–H groups in total. The van der Waals surface area contributed by atoms with Gasteiger partial charge in [0, 0.05) is 0 Å². The Labute approximate surface area is 114 Å². The molecular weight excluding hydrogens is 264 g/mol. The van der Waals surface area contributed by atoms with Crippen LogP contribution in [0.5, 0.6) is 5.75 Å². The average molecular weight is 282 g/mol. The monoisotopic (exact) mass is 282 g/mol. The van der Waals surface area contributed by atoms with Crippen molar-refractivity contribution in [3.05, 3.63) is 29.8 Å². The number of rotatable bonds is 7. The van der Waals surface area contributed by atoms with Gasteiger partial charge in [0.05, 0.1) is 24.0 Å². The normalized spacial score (nSPS) is 12.7. The quantitative estimate of drug-likeness (QED) is 0.822. The molecule has 0 aliphatic heterocycles. The number of primary sulfonamides is 1. The molecule has 104 valence electrons. The van der Waals surface area contributed by atoms with Crippen molar-refractivity contribution in [3.63, 3.8) is 0 Å². The van der Waals surface area contributed by atoms with Crippen LogP contribution in [0.15, 0.2) is 24.3 Å². The van der Waals surface area contributed by atoms with Crippen LogP contribution in [0.4, 0.5) is 0 Å². The Morgan fingerprint density at radius 1 is 1.32 bits per heavy atom. The minimum atomic E-state index is -3.38. The average Bonchev–Trinajstić information content (AvgIpc) is 2.36. The van der Waals surface area contributed by atoms with E-state index in [0.29, 0.717) is 24.3 Å². The van der Waals surface area contributed by atoms with Gasteiger partial charge in [-0.1, -0.05) is 6.92 Å². The molecule has 6 heteroatoms. The third kappa shape index (κ3) is 6.79. The van der Waals surface area contributed by atoms with Crippen molar-refractivity contribution in [1.82, 2.24) is 0 Å². The van der Waals surface area contributed by atoms with Gasteiger partial charge in [0.25, 0.3) is 0 Å². The SMILES string of the molecule is CC(CCOc1ccc(C#N)cc1)CCS(N)(=O)=O. The Kier molecular flexibility index (Phi) is 5.80. The summed E-state index contributed by atoms with van der Waals surface area (Å²) in [5.74, 6) is 0.944. The van der Waals surface area contributed by atoms with Gasteiger partial charge in [-0.05, 0) is 43.0 Å². The van der Waals surface area contributed by atoms with E-state index in [-0.39, 0.29) is 11.7 Å². The predicted molar refractivity (Wildman–Crippen MR) is 73.0 cm³/mol. The van der Waals surface area contributed by atoms with E-state index < -0.39 is 10.0 Å². The van der Waals surface area contributed by atoms with Crippen LogP contribution in [-0.4, -0.2) is 20.8 Å². The second kappa shape index (κ2) is 7.12. The van der Waals surface area contributed by atoms with Crippen molar-refractivity contribution in [1.29, 1.82) is 5.26 Å². The molecule has 1 aromatic rings. The molecule has 1 aromatic carbocycles. The van der Waals surface area contributed by atoms with E-state index in [2.05, 4.69) is 0 Å². The number of ether oxygens (including phenoxy) is 1. The molecule has 0 aliphatic carbocycles. The highest BCUT2D eigenvalue weighted by Gasteiger charge is 2.08. The first-order chi connectivity index (χ1) is 8.90. The van der Waals surface area contributed by atoms with Gasteiger partial charge in [-0.2, -0.15) is 5.26 Å². The molecule has 0 amide bonds. The summed E-state index contributed by atoms with van der Waals surface area (Å²) >= 11 is 0. The zero-order valence-corrected chi connectivity index (χ0v) is 11.7. The van der Waals surface area contributed by atoms with Gasteiger partial charge in [-0.3, -0.25) is 0 Å². The van der Waals surface area contributed by atoms with Crippen molar-refractivity contribution in [2.75, 3.05) is 12.4 Å². The van der Waals surface area contributed by atoms with Gasteiger partial charge in [-0.25, -0.2) is 13.6 Å². The number of sulfonamides is 1. The summed E-state index contributed by atoms with van der Waals surface area (Å²) in [6, 6.07) is 8.91. The predicted octanol–water partition coefficient (Wildman–Crippen LogP) is 1.64. The molecule has 0 fully saturated rings. The van der Waals surface area contributed by atoms with Gasteiger partial charge < -0.3 is 4.74 Å². The number of nitrogens with zero attached hydrogens (tertiary/aromatic N) is 1. The Morgan fingerprint density at radius 3 is 2.47 bits per heavy atom. The summed E-state index contributed by atoms with van der Waals surface area (Å²) in [4.78, 5) is 0. The Bertz CT molecular complexity index is 532. The third-order valence-electron chi connectivity index (χ3n) is 2.76. The highest BCUT2D eigenvalue weighted by molar-refractivity contribution is 7.89. The second-order valence-corrected chi connectivity index (χ2v) is 6.27. The standard InChI is InChI=1S/C13H18N2O3S/c1-11(7-9-19(15,16)17)6-8-18-13-4-2-12(10-14)3-5-13/h2-5,11H,6-9H2,1H3,(H2,15,16,17). The molecule has 0 spiro atoms. The molecule has 0 saturated heterocycles. The molecule has 1 rings (SSSR count). The van der Waals surface area contributed by atoms with E-state index in [9.17, 15) is 8.42 Å². The first-order valence-corrected chi connectivity index (χ1v) is 7.75. The zero-order valence-electron chi connectivity index (χ0n) is 10.9. The zero-order chi connectivity index (χ0) is 14.3. The van der Waals surface area contributed by atoms with Crippen LogP contribution in [0.1, 0.15) is 25.3 Å². The molecule has 5 nitrogen and oxygen atoms in total. The minimum Gasteiger partial charge on any atom is -0.494 e. The van der Waals surface area contributed by atoms with Gasteiger partial charge >= 0.3 is 0 Å². The number of nitriles is 1. The first kappa shape index (κ1) is 15.5. The van der Waals surface area contributed by atoms with Crippen molar-refractivity contribution >= 4 is 10.0 Å². The van der Waals surface area contributed by atoms with Crippen LogP contribution < -0.4 is 9.88 Å². The van der Waals surface area contributed by atoms with Crippen molar-refractivity contribution in [2.45, 2.75) is 19.8 Å². The molecule has 0 aliphatic rings. The van der Waals surface area contributed by atoms with Crippen LogP contribution in [0.25, 0.3) is 0 Å². The molecule has 0 aromatic heterocycles. The fraction of sp³-hybridized carbons (Fsp3) is 0.462. The summed E-state index contributed by atoms with van der Waals surface area (Å²) in [6.45, 7) is 2.48. The van der Waals surface area contributed by atoms with Crippen LogP contribution >= 0.6 is 0 Å². The Morgan fingerprint density at radius 2 is 1.95 bits per heavy atom. The molecule has 0 saturated carbocycles. The maximum atomic E-state index is 10.8. The molecule has 0 bridgehead atoms. The summed E-state index contributed by atoms with van der Waals surface area (Å²) in [6.07, 6.45) is 1.30. The van der Waals surface area contributed by atoms with Crippen LogP contribution in [0.2, 0.25) is 0 Å². The van der Waals surface area contributed by atoms with Crippen molar-refractivity contribution in [2.24, 2.45) is 11.1 Å². The lowest BCUT2D eigenvalue weighted by atomic mass is 10.1. The largest absolute Gasteiger partial charge is 0.494 e. The molecule has 0 radical (unpaired) electrons. The number of benzene rings is 1. The lowest BCUT2D eigenvalue weighted by Crippen LogP contribution is -2.18. The summed E-state index contributed by atoms with van der Waals surface area (Å²) in [7, 11) is -3.38. The topological polar surface area (TPSA) is 93.2 Å². The third-order valence-corrected chi connectivity index (χ3v) is 3.56. The Hall–Kier alpha value is -1.58. The fourth-order valence-electron chi connectivity index (χ4n) is 1.51. The van der Waals surface area contributed by atoms with Crippen LogP contribution in [0, 0.1) is 17.2 Å². The van der Waals surface area contributed by atoms with Gasteiger partial charge in [-0.15, -0.1) is 0 Å². The minimum absolute atomic E-state index is 0.00499. The van der Waals surface area contributed by atoms with E-state index in [4.69, 9.17) is 15.1 Å². The van der Waals surface area contributed by atoms with Crippen LogP contribution in [-0.2, 0) is 10.0 Å².